The van der Waals surface area contributed by atoms with Gasteiger partial charge in [-0.05, 0) is 18.9 Å². The summed E-state index contributed by atoms with van der Waals surface area (Å²) in [4.78, 5) is 11.7. The molecule has 0 aromatic heterocycles. The van der Waals surface area contributed by atoms with Crippen LogP contribution in [-0.4, -0.2) is 11.0 Å². The zero-order valence-corrected chi connectivity index (χ0v) is 9.02. The zero-order valence-electron chi connectivity index (χ0n) is 9.02. The smallest absolute Gasteiger partial charge is 0.224 e. The van der Waals surface area contributed by atoms with Crippen molar-refractivity contribution in [2.75, 3.05) is 0 Å². The third-order valence-corrected chi connectivity index (χ3v) is 2.82. The standard InChI is InChI=1S/C13H15NO2/c15-12-8-4-3-7-11(12)9-14-13(16)10-5-1-2-6-10/h1-4,7-8,10,15H,5-6,9H2,(H,14,16). The fourth-order valence-corrected chi connectivity index (χ4v) is 1.82. The Balaban J connectivity index is 1.87. The van der Waals surface area contributed by atoms with Gasteiger partial charge >= 0.3 is 0 Å². The lowest BCUT2D eigenvalue weighted by Crippen LogP contribution is -2.28. The molecule has 1 aromatic rings. The first-order valence-corrected chi connectivity index (χ1v) is 5.47. The second-order valence-corrected chi connectivity index (χ2v) is 3.99. The van der Waals surface area contributed by atoms with E-state index in [0.717, 1.165) is 18.4 Å². The molecule has 0 fully saturated rings. The normalized spacial score (nSPS) is 15.2. The summed E-state index contributed by atoms with van der Waals surface area (Å²) in [6.07, 6.45) is 5.72. The molecule has 0 atom stereocenters. The van der Waals surface area contributed by atoms with Crippen LogP contribution in [0.25, 0.3) is 0 Å². The van der Waals surface area contributed by atoms with Gasteiger partial charge in [0.15, 0.2) is 0 Å². The van der Waals surface area contributed by atoms with E-state index in [1.165, 1.54) is 0 Å². The van der Waals surface area contributed by atoms with E-state index in [1.807, 2.05) is 24.3 Å². The Morgan fingerprint density at radius 2 is 2.00 bits per heavy atom. The highest BCUT2D eigenvalue weighted by Gasteiger charge is 2.18. The van der Waals surface area contributed by atoms with Gasteiger partial charge in [-0.2, -0.15) is 0 Å². The van der Waals surface area contributed by atoms with Gasteiger partial charge in [0.25, 0.3) is 0 Å². The second-order valence-electron chi connectivity index (χ2n) is 3.99. The van der Waals surface area contributed by atoms with Gasteiger partial charge in [0.1, 0.15) is 5.75 Å². The van der Waals surface area contributed by atoms with Crippen LogP contribution in [0.3, 0.4) is 0 Å². The molecule has 0 aliphatic heterocycles. The molecule has 1 amide bonds. The average molecular weight is 217 g/mol. The second kappa shape index (κ2) is 4.84. The lowest BCUT2D eigenvalue weighted by Gasteiger charge is -2.11. The maximum absolute atomic E-state index is 11.7. The first kappa shape index (κ1) is 10.7. The third-order valence-electron chi connectivity index (χ3n) is 2.82. The van der Waals surface area contributed by atoms with E-state index < -0.39 is 0 Å². The first-order valence-electron chi connectivity index (χ1n) is 5.47. The molecule has 2 rings (SSSR count). The molecule has 2 N–H and O–H groups in total. The molecule has 0 heterocycles. The number of para-hydroxylation sites is 1. The summed E-state index contributed by atoms with van der Waals surface area (Å²) in [5, 5.41) is 12.4. The van der Waals surface area contributed by atoms with Gasteiger partial charge in [0, 0.05) is 18.0 Å². The number of allylic oxidation sites excluding steroid dienone is 2. The molecule has 3 heteroatoms. The Labute approximate surface area is 94.8 Å². The molecule has 0 unspecified atom stereocenters. The van der Waals surface area contributed by atoms with Crippen LogP contribution in [0.2, 0.25) is 0 Å². The van der Waals surface area contributed by atoms with Crippen LogP contribution < -0.4 is 5.32 Å². The minimum absolute atomic E-state index is 0.0632. The first-order chi connectivity index (χ1) is 7.77. The van der Waals surface area contributed by atoms with Gasteiger partial charge in [0.2, 0.25) is 5.91 Å². The number of carbonyl (C=O) groups is 1. The summed E-state index contributed by atoms with van der Waals surface area (Å²) >= 11 is 0. The number of amides is 1. The Morgan fingerprint density at radius 1 is 1.31 bits per heavy atom. The van der Waals surface area contributed by atoms with Crippen LogP contribution in [0.15, 0.2) is 36.4 Å². The fraction of sp³-hybridized carbons (Fsp3) is 0.308. The fourth-order valence-electron chi connectivity index (χ4n) is 1.82. The molecular formula is C13H15NO2. The van der Waals surface area contributed by atoms with E-state index >= 15 is 0 Å². The number of nitrogens with one attached hydrogen (secondary N) is 1. The highest BCUT2D eigenvalue weighted by atomic mass is 16.3. The predicted octanol–water partition coefficient (Wildman–Crippen LogP) is 1.97. The zero-order chi connectivity index (χ0) is 11.4. The van der Waals surface area contributed by atoms with Gasteiger partial charge in [-0.15, -0.1) is 0 Å². The summed E-state index contributed by atoms with van der Waals surface area (Å²) < 4.78 is 0. The molecule has 84 valence electrons. The van der Waals surface area contributed by atoms with E-state index in [0.29, 0.717) is 6.54 Å². The van der Waals surface area contributed by atoms with Crippen LogP contribution >= 0.6 is 0 Å². The van der Waals surface area contributed by atoms with E-state index in [4.69, 9.17) is 0 Å². The van der Waals surface area contributed by atoms with Crippen LogP contribution in [0, 0.1) is 5.92 Å². The molecule has 0 saturated heterocycles. The molecular weight excluding hydrogens is 202 g/mol. The molecule has 1 aromatic carbocycles. The van der Waals surface area contributed by atoms with Crippen molar-refractivity contribution >= 4 is 5.91 Å². The number of phenols is 1. The summed E-state index contributed by atoms with van der Waals surface area (Å²) in [6, 6.07) is 7.04. The Bertz CT molecular complexity index is 404. The summed E-state index contributed by atoms with van der Waals surface area (Å²) in [5.41, 5.74) is 0.752. The van der Waals surface area contributed by atoms with Crippen LogP contribution in [0.1, 0.15) is 18.4 Å². The number of hydrogen-bond acceptors (Lipinski definition) is 2. The predicted molar refractivity (Wildman–Crippen MR) is 61.8 cm³/mol. The minimum atomic E-state index is 0.0632. The number of phenolic OH excluding ortho intramolecular Hbond substituents is 1. The van der Waals surface area contributed by atoms with Crippen LogP contribution in [-0.2, 0) is 11.3 Å². The van der Waals surface area contributed by atoms with Gasteiger partial charge in [0.05, 0.1) is 0 Å². The SMILES string of the molecule is O=C(NCc1ccccc1O)C1CC=CC1. The average Bonchev–Trinajstić information content (AvgIpc) is 2.81. The van der Waals surface area contributed by atoms with E-state index in [9.17, 15) is 9.90 Å². The Hall–Kier alpha value is -1.77. The molecule has 1 aliphatic carbocycles. The van der Waals surface area contributed by atoms with Crippen molar-refractivity contribution in [1.82, 2.24) is 5.32 Å². The van der Waals surface area contributed by atoms with E-state index in [-0.39, 0.29) is 17.6 Å². The summed E-state index contributed by atoms with van der Waals surface area (Å²) in [5.74, 6) is 0.367. The quantitative estimate of drug-likeness (QED) is 0.760. The number of hydrogen-bond donors (Lipinski definition) is 2. The Morgan fingerprint density at radius 3 is 2.69 bits per heavy atom. The molecule has 0 spiro atoms. The van der Waals surface area contributed by atoms with E-state index in [1.54, 1.807) is 12.1 Å². The van der Waals surface area contributed by atoms with Crippen molar-refractivity contribution in [3.05, 3.63) is 42.0 Å². The lowest BCUT2D eigenvalue weighted by atomic mass is 10.1. The largest absolute Gasteiger partial charge is 0.508 e. The number of benzene rings is 1. The van der Waals surface area contributed by atoms with Crippen molar-refractivity contribution in [1.29, 1.82) is 0 Å². The van der Waals surface area contributed by atoms with Crippen molar-refractivity contribution in [3.8, 4) is 5.75 Å². The maximum atomic E-state index is 11.7. The maximum Gasteiger partial charge on any atom is 0.224 e. The van der Waals surface area contributed by atoms with Gasteiger partial charge in [-0.25, -0.2) is 0 Å². The van der Waals surface area contributed by atoms with Crippen molar-refractivity contribution in [3.63, 3.8) is 0 Å². The molecule has 0 radical (unpaired) electrons. The monoisotopic (exact) mass is 217 g/mol. The minimum Gasteiger partial charge on any atom is -0.508 e. The molecule has 0 bridgehead atoms. The van der Waals surface area contributed by atoms with Gasteiger partial charge in [-0.1, -0.05) is 30.4 Å². The Kier molecular flexibility index (Phi) is 3.25. The molecule has 16 heavy (non-hydrogen) atoms. The van der Waals surface area contributed by atoms with Crippen molar-refractivity contribution < 1.29 is 9.90 Å². The van der Waals surface area contributed by atoms with Crippen molar-refractivity contribution in [2.24, 2.45) is 5.92 Å². The summed E-state index contributed by atoms with van der Waals surface area (Å²) in [7, 11) is 0. The number of carbonyl (C=O) groups excluding carboxylic acids is 1. The van der Waals surface area contributed by atoms with Crippen LogP contribution in [0.4, 0.5) is 0 Å². The lowest BCUT2D eigenvalue weighted by molar-refractivity contribution is -0.124. The van der Waals surface area contributed by atoms with Crippen molar-refractivity contribution in [2.45, 2.75) is 19.4 Å². The summed E-state index contributed by atoms with van der Waals surface area (Å²) in [6.45, 7) is 0.391. The van der Waals surface area contributed by atoms with Gasteiger partial charge < -0.3 is 10.4 Å². The molecule has 1 aliphatic rings. The highest BCUT2D eigenvalue weighted by Crippen LogP contribution is 2.19. The van der Waals surface area contributed by atoms with E-state index in [2.05, 4.69) is 5.32 Å². The third kappa shape index (κ3) is 2.42. The molecule has 3 nitrogen and oxygen atoms in total. The molecule has 0 saturated carbocycles. The van der Waals surface area contributed by atoms with Gasteiger partial charge in [-0.3, -0.25) is 4.79 Å². The number of rotatable bonds is 3. The highest BCUT2D eigenvalue weighted by molar-refractivity contribution is 5.79. The van der Waals surface area contributed by atoms with Crippen LogP contribution in [0.5, 0.6) is 5.75 Å². The topological polar surface area (TPSA) is 49.3 Å². The number of aromatic hydroxyl groups is 1.